The molecule has 0 fully saturated rings. The topological polar surface area (TPSA) is 59.9 Å². The van der Waals surface area contributed by atoms with Crippen LogP contribution in [0.4, 0.5) is 0 Å². The summed E-state index contributed by atoms with van der Waals surface area (Å²) < 4.78 is 0. The predicted molar refractivity (Wildman–Crippen MR) is 76.5 cm³/mol. The number of fused-ring (bicyclic) bond motifs is 1. The molecule has 1 unspecified atom stereocenters. The van der Waals surface area contributed by atoms with E-state index in [1.807, 2.05) is 0 Å². The van der Waals surface area contributed by atoms with Gasteiger partial charge in [-0.25, -0.2) is 9.97 Å². The van der Waals surface area contributed by atoms with Crippen LogP contribution in [0, 0.1) is 5.92 Å². The third-order valence-corrected chi connectivity index (χ3v) is 4.52. The van der Waals surface area contributed by atoms with E-state index in [0.717, 1.165) is 18.5 Å². The van der Waals surface area contributed by atoms with Crippen LogP contribution in [-0.4, -0.2) is 21.5 Å². The van der Waals surface area contributed by atoms with Gasteiger partial charge in [0.25, 0.3) is 0 Å². The summed E-state index contributed by atoms with van der Waals surface area (Å²) in [6.45, 7) is 0. The summed E-state index contributed by atoms with van der Waals surface area (Å²) in [4.78, 5) is 33.7. The fraction of sp³-hybridized carbons (Fsp3) is 0.286. The van der Waals surface area contributed by atoms with E-state index >= 15 is 0 Å². The molecule has 1 aliphatic rings. The highest BCUT2D eigenvalue weighted by Crippen LogP contribution is 2.29. The average Bonchev–Trinajstić information content (AvgIpc) is 2.86. The fourth-order valence-corrected chi connectivity index (χ4v) is 3.33. The van der Waals surface area contributed by atoms with Gasteiger partial charge in [0.1, 0.15) is 5.15 Å². The lowest BCUT2D eigenvalue weighted by Gasteiger charge is -2.11. The first-order chi connectivity index (χ1) is 9.66. The van der Waals surface area contributed by atoms with Crippen molar-refractivity contribution in [3.63, 3.8) is 0 Å². The van der Waals surface area contributed by atoms with Crippen molar-refractivity contribution in [3.05, 3.63) is 45.1 Å². The molecular weight excluding hydrogens is 296 g/mol. The summed E-state index contributed by atoms with van der Waals surface area (Å²) in [6, 6.07) is 3.18. The van der Waals surface area contributed by atoms with Crippen LogP contribution in [0.25, 0.3) is 0 Å². The van der Waals surface area contributed by atoms with E-state index in [0.29, 0.717) is 22.0 Å². The lowest BCUT2D eigenvalue weighted by molar-refractivity contribution is 0.0803. The summed E-state index contributed by atoms with van der Waals surface area (Å²) in [5.41, 5.74) is 2.92. The molecule has 1 atom stereocenters. The molecule has 0 amide bonds. The van der Waals surface area contributed by atoms with Crippen LogP contribution in [0.2, 0.25) is 5.15 Å². The molecule has 0 saturated heterocycles. The third-order valence-electron chi connectivity index (χ3n) is 3.42. The Morgan fingerprint density at radius 3 is 2.95 bits per heavy atom. The maximum absolute atomic E-state index is 12.5. The minimum Gasteiger partial charge on any atom is -0.293 e. The lowest BCUT2D eigenvalue weighted by Crippen LogP contribution is -2.23. The monoisotopic (exact) mass is 306 g/mol. The molecule has 0 bridgehead atoms. The van der Waals surface area contributed by atoms with Gasteiger partial charge in [0.2, 0.25) is 0 Å². The number of hydrogen-bond donors (Lipinski definition) is 0. The Bertz CT molecular complexity index is 666. The maximum atomic E-state index is 12.5. The quantitative estimate of drug-likeness (QED) is 0.370. The van der Waals surface area contributed by atoms with Crippen LogP contribution in [0.15, 0.2) is 23.8 Å². The summed E-state index contributed by atoms with van der Waals surface area (Å²) in [5, 5.41) is 0.332. The number of nitrogens with zero attached hydrogens (tertiary/aromatic N) is 2. The lowest BCUT2D eigenvalue weighted by atomic mass is 9.91. The maximum Gasteiger partial charge on any atom is 0.185 e. The van der Waals surface area contributed by atoms with Gasteiger partial charge in [-0.2, -0.15) is 0 Å². The first-order valence-corrected chi connectivity index (χ1v) is 7.55. The smallest absolute Gasteiger partial charge is 0.185 e. The second kappa shape index (κ2) is 5.42. The molecule has 102 valence electrons. The first-order valence-electron chi connectivity index (χ1n) is 6.29. The molecule has 0 radical (unpaired) electrons. The van der Waals surface area contributed by atoms with E-state index < -0.39 is 5.92 Å². The molecule has 0 N–H and O–H groups in total. The molecule has 2 aromatic rings. The zero-order valence-electron chi connectivity index (χ0n) is 10.5. The number of thiazole rings is 1. The van der Waals surface area contributed by atoms with Gasteiger partial charge < -0.3 is 0 Å². The van der Waals surface area contributed by atoms with Gasteiger partial charge in [-0.05, 0) is 31.4 Å². The van der Waals surface area contributed by atoms with Crippen molar-refractivity contribution < 1.29 is 9.59 Å². The zero-order valence-corrected chi connectivity index (χ0v) is 12.1. The van der Waals surface area contributed by atoms with Crippen molar-refractivity contribution in [3.8, 4) is 0 Å². The van der Waals surface area contributed by atoms with Crippen molar-refractivity contribution in [2.24, 2.45) is 5.92 Å². The molecule has 0 spiro atoms. The largest absolute Gasteiger partial charge is 0.293 e. The van der Waals surface area contributed by atoms with Crippen LogP contribution >= 0.6 is 22.9 Å². The van der Waals surface area contributed by atoms with Crippen LogP contribution in [-0.2, 0) is 6.42 Å². The molecule has 0 saturated carbocycles. The molecule has 0 aromatic carbocycles. The molecular formula is C14H11ClN2O2S. The minimum absolute atomic E-state index is 0.111. The molecule has 20 heavy (non-hydrogen) atoms. The summed E-state index contributed by atoms with van der Waals surface area (Å²) >= 11 is 7.03. The number of pyridine rings is 1. The van der Waals surface area contributed by atoms with E-state index in [4.69, 9.17) is 11.6 Å². The van der Waals surface area contributed by atoms with Gasteiger partial charge >= 0.3 is 0 Å². The SMILES string of the molecule is O=C(c1ccc(Cl)nc1)C1CCCc2ncsc2C1=O. The number of carbonyl (C=O) groups excluding carboxylic acids is 2. The highest BCUT2D eigenvalue weighted by molar-refractivity contribution is 7.12. The van der Waals surface area contributed by atoms with E-state index in [2.05, 4.69) is 9.97 Å². The van der Waals surface area contributed by atoms with E-state index in [9.17, 15) is 9.59 Å². The number of carbonyl (C=O) groups is 2. The number of halogens is 1. The average molecular weight is 307 g/mol. The Morgan fingerprint density at radius 1 is 1.35 bits per heavy atom. The van der Waals surface area contributed by atoms with Gasteiger partial charge in [-0.15, -0.1) is 11.3 Å². The number of Topliss-reactive ketones (excluding diaryl/α,β-unsaturated/α-hetero) is 2. The first kappa shape index (κ1) is 13.4. The Morgan fingerprint density at radius 2 is 2.20 bits per heavy atom. The van der Waals surface area contributed by atoms with Crippen molar-refractivity contribution in [2.75, 3.05) is 0 Å². The van der Waals surface area contributed by atoms with E-state index in [1.54, 1.807) is 17.6 Å². The second-order valence-corrected chi connectivity index (χ2v) is 5.91. The fourth-order valence-electron chi connectivity index (χ4n) is 2.38. The number of ketones is 2. The number of hydrogen-bond acceptors (Lipinski definition) is 5. The van der Waals surface area contributed by atoms with Crippen LogP contribution in [0.1, 0.15) is 38.6 Å². The molecule has 2 heterocycles. The number of aryl methyl sites for hydroxylation is 1. The van der Waals surface area contributed by atoms with Gasteiger partial charge in [0, 0.05) is 11.8 Å². The Kier molecular flexibility index (Phi) is 3.63. The normalized spacial score (nSPS) is 18.4. The van der Waals surface area contributed by atoms with Crippen LogP contribution in [0.3, 0.4) is 0 Å². The standard InChI is InChI=1S/C14H11ClN2O2S/c15-11-5-4-8(6-16-11)12(18)9-2-1-3-10-14(13(9)19)20-7-17-10/h4-7,9H,1-3H2. The van der Waals surface area contributed by atoms with Gasteiger partial charge in [0.05, 0.1) is 22.0 Å². The zero-order chi connectivity index (χ0) is 14.1. The van der Waals surface area contributed by atoms with Crippen LogP contribution < -0.4 is 0 Å². The number of rotatable bonds is 2. The summed E-state index contributed by atoms with van der Waals surface area (Å²) in [5.74, 6) is -0.917. The van der Waals surface area contributed by atoms with Crippen molar-refractivity contribution in [2.45, 2.75) is 19.3 Å². The predicted octanol–water partition coefficient (Wildman–Crippen LogP) is 3.21. The van der Waals surface area contributed by atoms with E-state index in [-0.39, 0.29) is 11.6 Å². The van der Waals surface area contributed by atoms with Gasteiger partial charge in [0.15, 0.2) is 11.6 Å². The molecule has 0 aliphatic heterocycles. The number of aromatic nitrogens is 2. The Labute approximate surface area is 124 Å². The van der Waals surface area contributed by atoms with Crippen molar-refractivity contribution in [1.82, 2.24) is 9.97 Å². The molecule has 1 aliphatic carbocycles. The Hall–Kier alpha value is -1.59. The molecule has 6 heteroatoms. The highest BCUT2D eigenvalue weighted by atomic mass is 35.5. The highest BCUT2D eigenvalue weighted by Gasteiger charge is 2.33. The molecule has 4 nitrogen and oxygen atoms in total. The minimum atomic E-state index is -0.625. The summed E-state index contributed by atoms with van der Waals surface area (Å²) in [7, 11) is 0. The summed E-state index contributed by atoms with van der Waals surface area (Å²) in [6.07, 6.45) is 3.53. The second-order valence-electron chi connectivity index (χ2n) is 4.67. The van der Waals surface area contributed by atoms with Crippen molar-refractivity contribution >= 4 is 34.5 Å². The van der Waals surface area contributed by atoms with Crippen molar-refractivity contribution in [1.29, 1.82) is 0 Å². The van der Waals surface area contributed by atoms with Gasteiger partial charge in [-0.3, -0.25) is 9.59 Å². The Balaban J connectivity index is 1.92. The van der Waals surface area contributed by atoms with Crippen LogP contribution in [0.5, 0.6) is 0 Å². The molecule has 3 rings (SSSR count). The van der Waals surface area contributed by atoms with E-state index in [1.165, 1.54) is 17.5 Å². The third kappa shape index (κ3) is 2.39. The van der Waals surface area contributed by atoms with Gasteiger partial charge in [-0.1, -0.05) is 11.6 Å². The molecule has 2 aromatic heterocycles.